The number of hydrogen-bond acceptors (Lipinski definition) is 4. The normalized spacial score (nSPS) is 11.6. The number of aliphatic hydroxyl groups is 1. The lowest BCUT2D eigenvalue weighted by Gasteiger charge is -2.01. The molecule has 2 aromatic heterocycles. The van der Waals surface area contributed by atoms with Gasteiger partial charge in [0.05, 0.1) is 18.0 Å². The van der Waals surface area contributed by atoms with Crippen LogP contribution in [-0.4, -0.2) is 19.7 Å². The third-order valence-corrected chi connectivity index (χ3v) is 4.21. The summed E-state index contributed by atoms with van der Waals surface area (Å²) in [7, 11) is 0. The van der Waals surface area contributed by atoms with E-state index in [1.807, 2.05) is 30.3 Å². The van der Waals surface area contributed by atoms with Crippen molar-refractivity contribution < 1.29 is 5.11 Å². The Bertz CT molecular complexity index is 700. The van der Waals surface area contributed by atoms with Gasteiger partial charge in [-0.05, 0) is 0 Å². The molecule has 1 N–H and O–H groups in total. The molecule has 0 unspecified atom stereocenters. The molecule has 0 radical (unpaired) electrons. The summed E-state index contributed by atoms with van der Waals surface area (Å²) < 4.78 is 1.77. The Labute approximate surface area is 115 Å². The van der Waals surface area contributed by atoms with Gasteiger partial charge < -0.3 is 5.11 Å². The highest BCUT2D eigenvalue weighted by atomic mass is 32.1. The van der Waals surface area contributed by atoms with Crippen LogP contribution in [0.2, 0.25) is 0 Å². The van der Waals surface area contributed by atoms with E-state index in [0.717, 1.165) is 26.9 Å². The second-order valence-corrected chi connectivity index (χ2v) is 5.71. The summed E-state index contributed by atoms with van der Waals surface area (Å²) >= 11 is 1.58. The van der Waals surface area contributed by atoms with Crippen LogP contribution in [0.5, 0.6) is 0 Å². The summed E-state index contributed by atoms with van der Waals surface area (Å²) in [5.41, 5.74) is 2.58. The lowest BCUT2D eigenvalue weighted by molar-refractivity contribution is 0.275. The zero-order valence-corrected chi connectivity index (χ0v) is 11.7. The van der Waals surface area contributed by atoms with Gasteiger partial charge in [0.1, 0.15) is 5.01 Å². The van der Waals surface area contributed by atoms with E-state index in [2.05, 4.69) is 23.9 Å². The fraction of sp³-hybridized carbons (Fsp3) is 0.286. The zero-order chi connectivity index (χ0) is 13.4. The summed E-state index contributed by atoms with van der Waals surface area (Å²) in [6.07, 6.45) is 0. The second-order valence-electron chi connectivity index (χ2n) is 4.72. The molecule has 0 saturated carbocycles. The lowest BCUT2D eigenvalue weighted by atomic mass is 10.1. The first-order chi connectivity index (χ1) is 9.20. The van der Waals surface area contributed by atoms with Crippen LogP contribution in [0, 0.1) is 0 Å². The zero-order valence-electron chi connectivity index (χ0n) is 10.9. The first-order valence-electron chi connectivity index (χ1n) is 6.25. The largest absolute Gasteiger partial charge is 0.390 e. The number of aromatic nitrogens is 3. The number of benzene rings is 1. The van der Waals surface area contributed by atoms with Crippen molar-refractivity contribution in [2.75, 3.05) is 0 Å². The number of imidazole rings is 1. The molecule has 0 saturated heterocycles. The molecule has 1 aromatic carbocycles. The standard InChI is InChI=1S/C14H15N3OS/c1-9(2)13-16-17-11(8-18)12(15-14(17)19-13)10-6-4-3-5-7-10/h3-7,9,18H,8H2,1-2H3. The number of hydrogen-bond donors (Lipinski definition) is 1. The predicted molar refractivity (Wildman–Crippen MR) is 76.3 cm³/mol. The first kappa shape index (κ1) is 12.3. The monoisotopic (exact) mass is 273 g/mol. The summed E-state index contributed by atoms with van der Waals surface area (Å²) in [5.74, 6) is 0.374. The Morgan fingerprint density at radius 3 is 2.63 bits per heavy atom. The molecule has 0 atom stereocenters. The van der Waals surface area contributed by atoms with Gasteiger partial charge in [0.2, 0.25) is 4.96 Å². The fourth-order valence-corrected chi connectivity index (χ4v) is 2.93. The molecular weight excluding hydrogens is 258 g/mol. The van der Waals surface area contributed by atoms with Crippen molar-refractivity contribution >= 4 is 16.3 Å². The summed E-state index contributed by atoms with van der Waals surface area (Å²) in [6.45, 7) is 4.15. The average molecular weight is 273 g/mol. The molecule has 3 rings (SSSR count). The topological polar surface area (TPSA) is 50.4 Å². The van der Waals surface area contributed by atoms with Crippen LogP contribution in [0.4, 0.5) is 0 Å². The molecule has 0 aliphatic carbocycles. The predicted octanol–water partition coefficient (Wildman–Crippen LogP) is 3.07. The molecule has 0 bridgehead atoms. The number of rotatable bonds is 3. The van der Waals surface area contributed by atoms with Crippen LogP contribution >= 0.6 is 11.3 Å². The highest BCUT2D eigenvalue weighted by Gasteiger charge is 2.17. The van der Waals surface area contributed by atoms with Crippen molar-refractivity contribution in [1.29, 1.82) is 0 Å². The van der Waals surface area contributed by atoms with Crippen molar-refractivity contribution in [1.82, 2.24) is 14.6 Å². The quantitative estimate of drug-likeness (QED) is 0.798. The maximum absolute atomic E-state index is 9.62. The average Bonchev–Trinajstić information content (AvgIpc) is 2.96. The van der Waals surface area contributed by atoms with E-state index < -0.39 is 0 Å². The second kappa shape index (κ2) is 4.75. The highest BCUT2D eigenvalue weighted by Crippen LogP contribution is 2.29. The van der Waals surface area contributed by atoms with Gasteiger partial charge in [-0.25, -0.2) is 9.50 Å². The molecule has 0 aliphatic rings. The molecule has 2 heterocycles. The Morgan fingerprint density at radius 2 is 2.00 bits per heavy atom. The van der Waals surface area contributed by atoms with Crippen molar-refractivity contribution in [2.24, 2.45) is 0 Å². The van der Waals surface area contributed by atoms with Gasteiger partial charge in [-0.2, -0.15) is 5.10 Å². The van der Waals surface area contributed by atoms with Crippen molar-refractivity contribution in [3.8, 4) is 11.3 Å². The number of fused-ring (bicyclic) bond motifs is 1. The third kappa shape index (κ3) is 2.05. The van der Waals surface area contributed by atoms with Crippen molar-refractivity contribution in [2.45, 2.75) is 26.4 Å². The van der Waals surface area contributed by atoms with Crippen LogP contribution in [0.3, 0.4) is 0 Å². The van der Waals surface area contributed by atoms with E-state index in [4.69, 9.17) is 0 Å². The summed E-state index contributed by atoms with van der Waals surface area (Å²) in [4.78, 5) is 5.46. The van der Waals surface area contributed by atoms with Crippen LogP contribution in [-0.2, 0) is 6.61 Å². The molecule has 19 heavy (non-hydrogen) atoms. The molecule has 98 valence electrons. The smallest absolute Gasteiger partial charge is 0.213 e. The minimum atomic E-state index is -0.0628. The van der Waals surface area contributed by atoms with Gasteiger partial charge in [-0.3, -0.25) is 0 Å². The van der Waals surface area contributed by atoms with Crippen LogP contribution in [0.15, 0.2) is 30.3 Å². The van der Waals surface area contributed by atoms with E-state index in [1.54, 1.807) is 15.9 Å². The first-order valence-corrected chi connectivity index (χ1v) is 7.07. The van der Waals surface area contributed by atoms with Gasteiger partial charge >= 0.3 is 0 Å². The van der Waals surface area contributed by atoms with Gasteiger partial charge in [-0.15, -0.1) is 0 Å². The summed E-state index contributed by atoms with van der Waals surface area (Å²) in [5, 5.41) is 15.2. The Morgan fingerprint density at radius 1 is 1.26 bits per heavy atom. The van der Waals surface area contributed by atoms with Gasteiger partial charge in [0, 0.05) is 11.5 Å². The van der Waals surface area contributed by atoms with Gasteiger partial charge in [-0.1, -0.05) is 55.5 Å². The van der Waals surface area contributed by atoms with Gasteiger partial charge in [0.15, 0.2) is 0 Å². The summed E-state index contributed by atoms with van der Waals surface area (Å²) in [6, 6.07) is 9.90. The Hall–Kier alpha value is -1.72. The molecule has 3 aromatic rings. The van der Waals surface area contributed by atoms with Crippen molar-refractivity contribution in [3.05, 3.63) is 41.0 Å². The SMILES string of the molecule is CC(C)c1nn2c(CO)c(-c3ccccc3)nc2s1. The number of aliphatic hydroxyl groups excluding tert-OH is 1. The number of nitrogens with zero attached hydrogens (tertiary/aromatic N) is 3. The molecule has 5 heteroatoms. The Kier molecular flexibility index (Phi) is 3.08. The molecule has 0 fully saturated rings. The molecule has 4 nitrogen and oxygen atoms in total. The van der Waals surface area contributed by atoms with Crippen LogP contribution in [0.25, 0.3) is 16.2 Å². The lowest BCUT2D eigenvalue weighted by Crippen LogP contribution is -1.97. The van der Waals surface area contributed by atoms with E-state index >= 15 is 0 Å². The highest BCUT2D eigenvalue weighted by molar-refractivity contribution is 7.16. The molecular formula is C14H15N3OS. The van der Waals surface area contributed by atoms with Crippen LogP contribution < -0.4 is 0 Å². The van der Waals surface area contributed by atoms with E-state index in [1.165, 1.54) is 0 Å². The van der Waals surface area contributed by atoms with E-state index in [-0.39, 0.29) is 6.61 Å². The van der Waals surface area contributed by atoms with E-state index in [0.29, 0.717) is 5.92 Å². The van der Waals surface area contributed by atoms with Crippen molar-refractivity contribution in [3.63, 3.8) is 0 Å². The van der Waals surface area contributed by atoms with Crippen LogP contribution in [0.1, 0.15) is 30.5 Å². The van der Waals surface area contributed by atoms with E-state index in [9.17, 15) is 5.11 Å². The molecule has 0 amide bonds. The van der Waals surface area contributed by atoms with Gasteiger partial charge in [0.25, 0.3) is 0 Å². The molecule has 0 aliphatic heterocycles. The molecule has 0 spiro atoms. The minimum absolute atomic E-state index is 0.0628. The Balaban J connectivity index is 2.19. The minimum Gasteiger partial charge on any atom is -0.390 e. The maximum Gasteiger partial charge on any atom is 0.213 e. The maximum atomic E-state index is 9.62. The fourth-order valence-electron chi connectivity index (χ4n) is 2.01. The third-order valence-electron chi connectivity index (χ3n) is 3.00.